The van der Waals surface area contributed by atoms with Crippen molar-refractivity contribution in [3.8, 4) is 0 Å². The van der Waals surface area contributed by atoms with E-state index < -0.39 is 0 Å². The molecule has 0 aromatic carbocycles. The van der Waals surface area contributed by atoms with Crippen LogP contribution in [0.3, 0.4) is 0 Å². The first-order chi connectivity index (χ1) is 7.20. The van der Waals surface area contributed by atoms with Crippen molar-refractivity contribution in [2.45, 2.75) is 37.7 Å². The second-order valence-electron chi connectivity index (χ2n) is 5.84. The fourth-order valence-corrected chi connectivity index (χ4v) is 3.29. The Morgan fingerprint density at radius 2 is 1.73 bits per heavy atom. The van der Waals surface area contributed by atoms with Crippen LogP contribution in [-0.2, 0) is 4.74 Å². The van der Waals surface area contributed by atoms with E-state index in [1.807, 2.05) is 0 Å². The van der Waals surface area contributed by atoms with Crippen molar-refractivity contribution in [2.75, 3.05) is 32.8 Å². The predicted octanol–water partition coefficient (Wildman–Crippen LogP) is 1.01. The Morgan fingerprint density at radius 1 is 1.07 bits per heavy atom. The Labute approximate surface area is 91.4 Å². The summed E-state index contributed by atoms with van der Waals surface area (Å²) in [6, 6.07) is 0. The van der Waals surface area contributed by atoms with E-state index in [0.29, 0.717) is 5.41 Å². The third-order valence-electron chi connectivity index (χ3n) is 4.47. The maximum absolute atomic E-state index is 10.1. The molecule has 3 rings (SSSR count). The van der Waals surface area contributed by atoms with Crippen LogP contribution in [0.25, 0.3) is 0 Å². The fourth-order valence-electron chi connectivity index (χ4n) is 3.29. The minimum atomic E-state index is -0.327. The summed E-state index contributed by atoms with van der Waals surface area (Å²) in [6.07, 6.45) is 5.69. The van der Waals surface area contributed by atoms with Crippen LogP contribution < -0.4 is 0 Å². The molecular weight excluding hydrogens is 190 g/mol. The van der Waals surface area contributed by atoms with Crippen molar-refractivity contribution in [1.82, 2.24) is 4.90 Å². The van der Waals surface area contributed by atoms with Gasteiger partial charge in [0.1, 0.15) is 0 Å². The summed E-state index contributed by atoms with van der Waals surface area (Å²) < 4.78 is 5.40. The smallest absolute Gasteiger partial charge is 0.0774 e. The lowest BCUT2D eigenvalue weighted by atomic mass is 9.71. The molecule has 0 aromatic heterocycles. The number of nitrogens with zero attached hydrogens (tertiary/aromatic N) is 1. The molecule has 0 bridgehead atoms. The highest BCUT2D eigenvalue weighted by Gasteiger charge is 2.47. The first-order valence-corrected chi connectivity index (χ1v) is 6.22. The fraction of sp³-hybridized carbons (Fsp3) is 1.00. The summed E-state index contributed by atoms with van der Waals surface area (Å²) in [5.74, 6) is 0. The molecule has 2 aliphatic heterocycles. The number of aliphatic hydroxyl groups is 1. The molecule has 3 aliphatic rings. The Hall–Kier alpha value is -0.120. The second-order valence-corrected chi connectivity index (χ2v) is 5.84. The molecule has 2 saturated heterocycles. The summed E-state index contributed by atoms with van der Waals surface area (Å²) in [7, 11) is 0. The van der Waals surface area contributed by atoms with Gasteiger partial charge in [-0.25, -0.2) is 0 Å². The van der Waals surface area contributed by atoms with Crippen molar-refractivity contribution in [1.29, 1.82) is 0 Å². The molecule has 0 unspecified atom stereocenters. The molecule has 15 heavy (non-hydrogen) atoms. The quantitative estimate of drug-likeness (QED) is 0.740. The monoisotopic (exact) mass is 211 g/mol. The molecule has 3 fully saturated rings. The first-order valence-electron chi connectivity index (χ1n) is 6.22. The minimum Gasteiger partial charge on any atom is -0.389 e. The molecule has 0 aromatic rings. The van der Waals surface area contributed by atoms with Crippen LogP contribution in [0, 0.1) is 5.41 Å². The van der Waals surface area contributed by atoms with E-state index in [4.69, 9.17) is 4.74 Å². The Bertz CT molecular complexity index is 236. The van der Waals surface area contributed by atoms with Gasteiger partial charge in [0.25, 0.3) is 0 Å². The van der Waals surface area contributed by atoms with E-state index in [1.54, 1.807) is 0 Å². The van der Waals surface area contributed by atoms with Crippen molar-refractivity contribution in [3.05, 3.63) is 0 Å². The van der Waals surface area contributed by atoms with Crippen molar-refractivity contribution in [2.24, 2.45) is 5.41 Å². The standard InChI is InChI=1S/C12H21NO2/c14-12(2-1-3-12)10-13-8-11(9-13)4-6-15-7-5-11/h14H,1-10H2. The molecule has 86 valence electrons. The molecule has 0 atom stereocenters. The van der Waals surface area contributed by atoms with Crippen LogP contribution in [0.5, 0.6) is 0 Å². The SMILES string of the molecule is OC1(CN2CC3(CCOCC3)C2)CCC1. The van der Waals surface area contributed by atoms with Crippen molar-refractivity contribution >= 4 is 0 Å². The Morgan fingerprint density at radius 3 is 2.27 bits per heavy atom. The van der Waals surface area contributed by atoms with Gasteiger partial charge in [0.05, 0.1) is 5.60 Å². The summed E-state index contributed by atoms with van der Waals surface area (Å²) >= 11 is 0. The van der Waals surface area contributed by atoms with E-state index in [0.717, 1.165) is 32.6 Å². The lowest BCUT2D eigenvalue weighted by Gasteiger charge is -2.55. The van der Waals surface area contributed by atoms with Crippen LogP contribution in [0.4, 0.5) is 0 Å². The highest BCUT2D eigenvalue weighted by Crippen LogP contribution is 2.42. The number of β-amino-alcohol motifs (C(OH)–C–C–N with tert-alkyl or cyclic N) is 1. The van der Waals surface area contributed by atoms with Crippen molar-refractivity contribution in [3.63, 3.8) is 0 Å². The molecule has 1 saturated carbocycles. The Balaban J connectivity index is 1.48. The van der Waals surface area contributed by atoms with Gasteiger partial charge in [-0.15, -0.1) is 0 Å². The minimum absolute atomic E-state index is 0.327. The number of hydrogen-bond donors (Lipinski definition) is 1. The van der Waals surface area contributed by atoms with Gasteiger partial charge >= 0.3 is 0 Å². The van der Waals surface area contributed by atoms with Crippen LogP contribution in [0.2, 0.25) is 0 Å². The topological polar surface area (TPSA) is 32.7 Å². The predicted molar refractivity (Wildman–Crippen MR) is 57.7 cm³/mol. The lowest BCUT2D eigenvalue weighted by molar-refractivity contribution is -0.128. The molecule has 2 heterocycles. The van der Waals surface area contributed by atoms with E-state index in [1.165, 1.54) is 32.4 Å². The zero-order valence-electron chi connectivity index (χ0n) is 9.37. The average molecular weight is 211 g/mol. The van der Waals surface area contributed by atoms with E-state index in [-0.39, 0.29) is 5.60 Å². The number of likely N-dealkylation sites (tertiary alicyclic amines) is 1. The largest absolute Gasteiger partial charge is 0.389 e. The summed E-state index contributed by atoms with van der Waals surface area (Å²) in [5, 5.41) is 10.1. The van der Waals surface area contributed by atoms with Gasteiger partial charge < -0.3 is 9.84 Å². The lowest BCUT2D eigenvalue weighted by Crippen LogP contribution is -2.62. The number of ether oxygens (including phenoxy) is 1. The zero-order chi connectivity index (χ0) is 10.4. The maximum atomic E-state index is 10.1. The van der Waals surface area contributed by atoms with Crippen molar-refractivity contribution < 1.29 is 9.84 Å². The average Bonchev–Trinajstić information content (AvgIpc) is 2.14. The molecule has 1 spiro atoms. The second kappa shape index (κ2) is 3.44. The molecule has 3 nitrogen and oxygen atoms in total. The molecule has 1 aliphatic carbocycles. The van der Waals surface area contributed by atoms with E-state index >= 15 is 0 Å². The van der Waals surface area contributed by atoms with E-state index in [2.05, 4.69) is 4.90 Å². The molecule has 0 radical (unpaired) electrons. The maximum Gasteiger partial charge on any atom is 0.0774 e. The summed E-state index contributed by atoms with van der Waals surface area (Å²) in [4.78, 5) is 2.44. The molecular formula is C12H21NO2. The van der Waals surface area contributed by atoms with Gasteiger partial charge in [0, 0.05) is 38.3 Å². The Kier molecular flexibility index (Phi) is 2.31. The van der Waals surface area contributed by atoms with Crippen LogP contribution in [0.1, 0.15) is 32.1 Å². The highest BCUT2D eigenvalue weighted by molar-refractivity contribution is 5.00. The molecule has 1 N–H and O–H groups in total. The molecule has 0 amide bonds. The van der Waals surface area contributed by atoms with Gasteiger partial charge in [-0.05, 0) is 32.1 Å². The molecule has 3 heteroatoms. The third kappa shape index (κ3) is 1.81. The van der Waals surface area contributed by atoms with E-state index in [9.17, 15) is 5.11 Å². The van der Waals surface area contributed by atoms with Gasteiger partial charge in [0.2, 0.25) is 0 Å². The van der Waals surface area contributed by atoms with Gasteiger partial charge in [-0.3, -0.25) is 4.90 Å². The number of hydrogen-bond acceptors (Lipinski definition) is 3. The summed E-state index contributed by atoms with van der Waals surface area (Å²) in [5.41, 5.74) is 0.227. The van der Waals surface area contributed by atoms with Crippen LogP contribution in [-0.4, -0.2) is 48.5 Å². The zero-order valence-corrected chi connectivity index (χ0v) is 9.37. The highest BCUT2D eigenvalue weighted by atomic mass is 16.5. The van der Waals surface area contributed by atoms with Crippen LogP contribution >= 0.6 is 0 Å². The van der Waals surface area contributed by atoms with Crippen LogP contribution in [0.15, 0.2) is 0 Å². The normalized spacial score (nSPS) is 33.4. The van der Waals surface area contributed by atoms with Gasteiger partial charge in [0.15, 0.2) is 0 Å². The van der Waals surface area contributed by atoms with Gasteiger partial charge in [-0.2, -0.15) is 0 Å². The first kappa shape index (κ1) is 10.1. The summed E-state index contributed by atoms with van der Waals surface area (Å²) in [6.45, 7) is 5.18. The number of rotatable bonds is 2. The van der Waals surface area contributed by atoms with Gasteiger partial charge in [-0.1, -0.05) is 0 Å². The third-order valence-corrected chi connectivity index (χ3v) is 4.47.